The molecule has 0 spiro atoms. The van der Waals surface area contributed by atoms with Crippen LogP contribution in [0.5, 0.6) is 0 Å². The molecular weight excluding hydrogens is 228 g/mol. The zero-order valence-electron chi connectivity index (χ0n) is 9.17. The van der Waals surface area contributed by atoms with Crippen LogP contribution < -0.4 is 0 Å². The first kappa shape index (κ1) is 11.6. The molecule has 1 unspecified atom stereocenters. The second-order valence-corrected chi connectivity index (χ2v) is 6.36. The molecule has 0 aliphatic carbocycles. The Morgan fingerprint density at radius 2 is 1.88 bits per heavy atom. The molecule has 1 N–H and O–H groups in total. The van der Waals surface area contributed by atoms with Crippen LogP contribution in [0.3, 0.4) is 0 Å². The average Bonchev–Trinajstić information content (AvgIpc) is 2.96. The number of rotatable bonds is 3. The summed E-state index contributed by atoms with van der Waals surface area (Å²) >= 11 is 0. The van der Waals surface area contributed by atoms with Crippen molar-refractivity contribution in [2.75, 3.05) is 12.9 Å². The predicted molar refractivity (Wildman–Crippen MR) is 58.9 cm³/mol. The maximum absolute atomic E-state index is 11.2. The van der Waals surface area contributed by atoms with Crippen molar-refractivity contribution >= 4 is 9.84 Å². The fourth-order valence-electron chi connectivity index (χ4n) is 1.52. The van der Waals surface area contributed by atoms with Gasteiger partial charge in [-0.3, -0.25) is 0 Å². The van der Waals surface area contributed by atoms with E-state index in [1.807, 2.05) is 6.92 Å². The number of epoxide rings is 1. The summed E-state index contributed by atoms with van der Waals surface area (Å²) in [4.78, 5) is 0.255. The Kier molecular flexibility index (Phi) is 2.57. The van der Waals surface area contributed by atoms with Crippen molar-refractivity contribution in [1.82, 2.24) is 0 Å². The number of hydrogen-bond acceptors (Lipinski definition) is 4. The Labute approximate surface area is 94.8 Å². The fraction of sp³-hybridized carbons (Fsp3) is 0.455. The van der Waals surface area contributed by atoms with E-state index < -0.39 is 21.5 Å². The third-order valence-corrected chi connectivity index (χ3v) is 3.93. The molecule has 1 aromatic carbocycles. The van der Waals surface area contributed by atoms with Gasteiger partial charge in [0, 0.05) is 6.26 Å². The molecule has 1 aromatic rings. The maximum Gasteiger partial charge on any atom is 0.175 e. The van der Waals surface area contributed by atoms with Gasteiger partial charge in [0.1, 0.15) is 11.7 Å². The lowest BCUT2D eigenvalue weighted by atomic mass is 9.98. The van der Waals surface area contributed by atoms with Crippen molar-refractivity contribution in [3.8, 4) is 0 Å². The summed E-state index contributed by atoms with van der Waals surface area (Å²) in [6, 6.07) is 6.24. The number of benzene rings is 1. The minimum absolute atomic E-state index is 0.255. The molecule has 0 amide bonds. The van der Waals surface area contributed by atoms with Gasteiger partial charge < -0.3 is 9.84 Å². The van der Waals surface area contributed by atoms with Crippen molar-refractivity contribution < 1.29 is 18.3 Å². The molecule has 2 rings (SSSR count). The van der Waals surface area contributed by atoms with Gasteiger partial charge in [0.15, 0.2) is 9.84 Å². The summed E-state index contributed by atoms with van der Waals surface area (Å²) in [6.45, 7) is 2.35. The monoisotopic (exact) mass is 242 g/mol. The van der Waals surface area contributed by atoms with E-state index in [1.165, 1.54) is 12.1 Å². The van der Waals surface area contributed by atoms with Gasteiger partial charge in [-0.1, -0.05) is 12.1 Å². The van der Waals surface area contributed by atoms with Crippen LogP contribution in [0.15, 0.2) is 29.2 Å². The molecule has 16 heavy (non-hydrogen) atoms. The van der Waals surface area contributed by atoms with Crippen molar-refractivity contribution in [1.29, 1.82) is 0 Å². The highest BCUT2D eigenvalue weighted by Gasteiger charge is 2.47. The minimum atomic E-state index is -3.18. The molecule has 0 radical (unpaired) electrons. The number of sulfone groups is 1. The van der Waals surface area contributed by atoms with E-state index in [1.54, 1.807) is 12.1 Å². The molecule has 0 saturated carbocycles. The Balaban J connectivity index is 2.26. The molecule has 1 heterocycles. The first-order valence-corrected chi connectivity index (χ1v) is 6.84. The summed E-state index contributed by atoms with van der Waals surface area (Å²) in [7, 11) is -3.18. The second-order valence-electron chi connectivity index (χ2n) is 4.35. The van der Waals surface area contributed by atoms with Crippen LogP contribution >= 0.6 is 0 Å². The molecule has 4 nitrogen and oxygen atoms in total. The third kappa shape index (κ3) is 2.11. The van der Waals surface area contributed by atoms with Gasteiger partial charge in [-0.15, -0.1) is 0 Å². The third-order valence-electron chi connectivity index (χ3n) is 2.80. The van der Waals surface area contributed by atoms with Gasteiger partial charge in [0.2, 0.25) is 0 Å². The zero-order valence-corrected chi connectivity index (χ0v) is 9.99. The van der Waals surface area contributed by atoms with Crippen molar-refractivity contribution in [2.24, 2.45) is 0 Å². The van der Waals surface area contributed by atoms with Crippen molar-refractivity contribution in [2.45, 2.75) is 23.5 Å². The van der Waals surface area contributed by atoms with Crippen LogP contribution in [0.25, 0.3) is 0 Å². The fourth-order valence-corrected chi connectivity index (χ4v) is 2.15. The van der Waals surface area contributed by atoms with Gasteiger partial charge in [0.05, 0.1) is 11.5 Å². The molecule has 88 valence electrons. The highest BCUT2D eigenvalue weighted by Crippen LogP contribution is 2.39. The second kappa shape index (κ2) is 3.55. The highest BCUT2D eigenvalue weighted by atomic mass is 32.2. The lowest BCUT2D eigenvalue weighted by Gasteiger charge is -2.15. The summed E-state index contributed by atoms with van der Waals surface area (Å²) in [5.41, 5.74) is 0.166. The average molecular weight is 242 g/mol. The van der Waals surface area contributed by atoms with E-state index in [2.05, 4.69) is 0 Å². The molecule has 2 atom stereocenters. The van der Waals surface area contributed by atoms with E-state index in [0.29, 0.717) is 12.2 Å². The Morgan fingerprint density at radius 1 is 1.38 bits per heavy atom. The van der Waals surface area contributed by atoms with Crippen LogP contribution in [0.4, 0.5) is 0 Å². The Morgan fingerprint density at radius 3 is 2.25 bits per heavy atom. The highest BCUT2D eigenvalue weighted by molar-refractivity contribution is 7.90. The van der Waals surface area contributed by atoms with Gasteiger partial charge in [-0.05, 0) is 24.6 Å². The number of hydrogen-bond donors (Lipinski definition) is 1. The molecule has 0 aromatic heterocycles. The molecule has 1 aliphatic heterocycles. The molecular formula is C11H14O4S. The van der Waals surface area contributed by atoms with E-state index in [-0.39, 0.29) is 4.90 Å². The summed E-state index contributed by atoms with van der Waals surface area (Å²) in [6.07, 6.45) is 0.449. The van der Waals surface area contributed by atoms with Crippen molar-refractivity contribution in [3.05, 3.63) is 29.8 Å². The Bertz CT molecular complexity index is 485. The zero-order chi connectivity index (χ0) is 12.0. The van der Waals surface area contributed by atoms with Crippen LogP contribution in [-0.2, 0) is 14.6 Å². The quantitative estimate of drug-likeness (QED) is 0.800. The topological polar surface area (TPSA) is 66.9 Å². The molecule has 1 aliphatic rings. The smallest absolute Gasteiger partial charge is 0.175 e. The van der Waals surface area contributed by atoms with Crippen LogP contribution in [-0.4, -0.2) is 32.0 Å². The molecule has 0 bridgehead atoms. The van der Waals surface area contributed by atoms with E-state index in [4.69, 9.17) is 4.74 Å². The largest absolute Gasteiger partial charge is 0.385 e. The van der Waals surface area contributed by atoms with Gasteiger partial charge in [-0.25, -0.2) is 8.42 Å². The predicted octanol–water partition coefficient (Wildman–Crippen LogP) is 0.912. The van der Waals surface area contributed by atoms with Gasteiger partial charge in [-0.2, -0.15) is 0 Å². The summed E-state index contributed by atoms with van der Waals surface area (Å²) in [5.74, 6) is 0. The number of aliphatic hydroxyl groups excluding tert-OH is 1. The lowest BCUT2D eigenvalue weighted by Crippen LogP contribution is -2.17. The van der Waals surface area contributed by atoms with Gasteiger partial charge >= 0.3 is 0 Å². The summed E-state index contributed by atoms with van der Waals surface area (Å²) in [5, 5.41) is 9.94. The molecule has 1 fully saturated rings. The standard InChI is InChI=1S/C11H14O4S/c1-11(7-15-11)10(12)8-3-5-9(6-4-8)16(2,13)14/h3-6,10,12H,7H2,1-2H3/t10?,11-/m1/s1. The number of aliphatic hydroxyl groups is 1. The first-order valence-electron chi connectivity index (χ1n) is 4.95. The first-order chi connectivity index (χ1) is 7.33. The maximum atomic E-state index is 11.2. The van der Waals surface area contributed by atoms with Crippen LogP contribution in [0.2, 0.25) is 0 Å². The van der Waals surface area contributed by atoms with E-state index >= 15 is 0 Å². The summed E-state index contributed by atoms with van der Waals surface area (Å²) < 4.78 is 27.6. The van der Waals surface area contributed by atoms with Crippen LogP contribution in [0.1, 0.15) is 18.6 Å². The van der Waals surface area contributed by atoms with Crippen LogP contribution in [0, 0.1) is 0 Å². The van der Waals surface area contributed by atoms with Gasteiger partial charge in [0.25, 0.3) is 0 Å². The molecule has 5 heteroatoms. The molecule has 1 saturated heterocycles. The van der Waals surface area contributed by atoms with Crippen molar-refractivity contribution in [3.63, 3.8) is 0 Å². The minimum Gasteiger partial charge on any atom is -0.385 e. The normalized spacial score (nSPS) is 26.4. The van der Waals surface area contributed by atoms with E-state index in [9.17, 15) is 13.5 Å². The Hall–Kier alpha value is -0.910. The van der Waals surface area contributed by atoms with E-state index in [0.717, 1.165) is 6.26 Å². The SMILES string of the molecule is C[C@]1(C(O)c2ccc(S(C)(=O)=O)cc2)CO1. The lowest BCUT2D eigenvalue weighted by molar-refractivity contribution is 0.0849. The number of ether oxygens (including phenoxy) is 1.